The van der Waals surface area contributed by atoms with Crippen LogP contribution in [0.5, 0.6) is 0 Å². The monoisotopic (exact) mass is 770 g/mol. The first-order valence-corrected chi connectivity index (χ1v) is 21.0. The number of anilines is 3. The average molecular weight is 771 g/mol. The summed E-state index contributed by atoms with van der Waals surface area (Å²) in [5, 5.41) is 20.5. The Hall–Kier alpha value is -7.56. The maximum atomic E-state index is 3.86. The largest absolute Gasteiger partial charge is 0.374 e. The maximum Gasteiger partial charge on any atom is 0.0702 e. The Morgan fingerprint density at radius 3 is 1.75 bits per heavy atom. The van der Waals surface area contributed by atoms with Crippen LogP contribution in [0, 0.1) is 0 Å². The molecular formula is C56H42N4. The molecule has 4 N–H and O–H groups in total. The number of allylic oxidation sites excluding steroid dienone is 4. The van der Waals surface area contributed by atoms with Crippen LogP contribution in [0.1, 0.15) is 62.6 Å². The molecule has 286 valence electrons. The first-order valence-electron chi connectivity index (χ1n) is 21.0. The molecule has 12 rings (SSSR count). The van der Waals surface area contributed by atoms with Crippen LogP contribution in [-0.2, 0) is 0 Å². The fourth-order valence-electron chi connectivity index (χ4n) is 9.45. The van der Waals surface area contributed by atoms with Gasteiger partial charge in [-0.05, 0) is 101 Å². The predicted octanol–water partition coefficient (Wildman–Crippen LogP) is 13.4. The zero-order valence-electron chi connectivity index (χ0n) is 32.9. The maximum absolute atomic E-state index is 3.86. The molecule has 4 nitrogen and oxygen atoms in total. The number of benzene rings is 7. The first-order chi connectivity index (χ1) is 29.7. The van der Waals surface area contributed by atoms with Gasteiger partial charge in [-0.2, -0.15) is 0 Å². The van der Waals surface area contributed by atoms with Crippen molar-refractivity contribution in [2.24, 2.45) is 0 Å². The molecule has 0 bridgehead atoms. The lowest BCUT2D eigenvalue weighted by molar-refractivity contribution is 0.814. The Balaban J connectivity index is 0.744. The fraction of sp³-hybridized carbons (Fsp3) is 0.0714. The van der Waals surface area contributed by atoms with Crippen LogP contribution < -0.4 is 21.3 Å². The van der Waals surface area contributed by atoms with Crippen LogP contribution in [0.2, 0.25) is 0 Å². The molecule has 0 spiro atoms. The normalized spacial score (nSPS) is 20.6. The highest BCUT2D eigenvalue weighted by atomic mass is 15.0. The number of dihydropyridines is 1. The second kappa shape index (κ2) is 14.1. The Morgan fingerprint density at radius 2 is 0.983 bits per heavy atom. The summed E-state index contributed by atoms with van der Waals surface area (Å²) in [6, 6.07) is 51.2. The molecule has 0 fully saturated rings. The summed E-state index contributed by atoms with van der Waals surface area (Å²) in [5.74, 6) is 0. The molecule has 0 saturated carbocycles. The lowest BCUT2D eigenvalue weighted by Crippen LogP contribution is -2.30. The van der Waals surface area contributed by atoms with Gasteiger partial charge < -0.3 is 21.3 Å². The van der Waals surface area contributed by atoms with Gasteiger partial charge >= 0.3 is 0 Å². The number of rotatable bonds is 5. The van der Waals surface area contributed by atoms with Crippen molar-refractivity contribution in [1.82, 2.24) is 5.32 Å². The van der Waals surface area contributed by atoms with Crippen molar-refractivity contribution in [3.05, 3.63) is 238 Å². The van der Waals surface area contributed by atoms with Gasteiger partial charge in [-0.15, -0.1) is 0 Å². The van der Waals surface area contributed by atoms with Gasteiger partial charge in [-0.1, -0.05) is 182 Å². The van der Waals surface area contributed by atoms with E-state index < -0.39 is 0 Å². The Labute approximate surface area is 350 Å². The van der Waals surface area contributed by atoms with E-state index in [0.29, 0.717) is 0 Å². The van der Waals surface area contributed by atoms with Crippen LogP contribution in [0.4, 0.5) is 17.1 Å². The molecule has 0 aromatic heterocycles. The molecule has 7 aromatic carbocycles. The molecule has 7 aromatic rings. The third kappa shape index (κ3) is 6.08. The van der Waals surface area contributed by atoms with Crippen LogP contribution in [0.15, 0.2) is 194 Å². The fourth-order valence-corrected chi connectivity index (χ4v) is 9.45. The molecule has 4 heterocycles. The van der Waals surface area contributed by atoms with Crippen molar-refractivity contribution in [1.29, 1.82) is 0 Å². The molecule has 4 unspecified atom stereocenters. The Morgan fingerprint density at radius 1 is 0.383 bits per heavy atom. The number of nitrogens with one attached hydrogen (secondary N) is 4. The van der Waals surface area contributed by atoms with Gasteiger partial charge in [0.2, 0.25) is 0 Å². The number of hydrogen-bond donors (Lipinski definition) is 4. The van der Waals surface area contributed by atoms with Gasteiger partial charge in [-0.25, -0.2) is 0 Å². The predicted molar refractivity (Wildman–Crippen MR) is 254 cm³/mol. The van der Waals surface area contributed by atoms with Crippen molar-refractivity contribution in [2.45, 2.75) is 24.2 Å². The van der Waals surface area contributed by atoms with Crippen LogP contribution in [-0.4, -0.2) is 6.04 Å². The third-order valence-electron chi connectivity index (χ3n) is 12.7. The summed E-state index contributed by atoms with van der Waals surface area (Å²) in [4.78, 5) is 0. The average Bonchev–Trinajstić information content (AvgIpc) is 3.33. The summed E-state index contributed by atoms with van der Waals surface area (Å²) >= 11 is 0. The van der Waals surface area contributed by atoms with Crippen molar-refractivity contribution in [3.63, 3.8) is 0 Å². The highest BCUT2D eigenvalue weighted by Crippen LogP contribution is 2.43. The summed E-state index contributed by atoms with van der Waals surface area (Å²) in [6.45, 7) is 0. The smallest absolute Gasteiger partial charge is 0.0702 e. The van der Waals surface area contributed by atoms with Gasteiger partial charge in [0.25, 0.3) is 0 Å². The minimum absolute atomic E-state index is 0.0748. The summed E-state index contributed by atoms with van der Waals surface area (Å²) in [7, 11) is 0. The minimum Gasteiger partial charge on any atom is -0.374 e. The molecule has 60 heavy (non-hydrogen) atoms. The molecular weight excluding hydrogens is 729 g/mol. The van der Waals surface area contributed by atoms with Crippen molar-refractivity contribution < 1.29 is 0 Å². The third-order valence-corrected chi connectivity index (χ3v) is 12.7. The van der Waals surface area contributed by atoms with E-state index in [4.69, 9.17) is 0 Å². The zero-order valence-corrected chi connectivity index (χ0v) is 32.9. The standard InChI is InChI=1S/C56H42N4/c1-2-7-36(8-3-1)50-28-22-40-16-17-41-23-29-51(60-56(41)55(40)59-50)38-13-11-37(12-14-38)49-27-21-39-15-19-46(34-54(39)58-49)53-31-25-45-33-43(24-30-52(45)57-53)42-20-26-48-44(32-42)18-10-35-6-4-5-9-47(35)48/h1-34,49-52,57-60H. The number of hydrogen-bond acceptors (Lipinski definition) is 4. The molecule has 4 heteroatoms. The molecule has 4 atom stereocenters. The molecule has 4 aliphatic heterocycles. The molecule has 0 saturated heterocycles. The SMILES string of the molecule is C1=CC2NC(c3ccc4c(c3)NC(c3ccc(C5C=Cc6ccc7c(c6N5)NC(c5ccccc5)C=C7)cc3)C=C4)=CC=C2C=C1c1ccc2c(ccc3ccccc32)c1. The number of fused-ring (bicyclic) bond motifs is 8. The summed E-state index contributed by atoms with van der Waals surface area (Å²) in [6.07, 6.45) is 24.9. The lowest BCUT2D eigenvalue weighted by Gasteiger charge is -2.30. The van der Waals surface area contributed by atoms with Crippen molar-refractivity contribution in [2.75, 3.05) is 16.0 Å². The van der Waals surface area contributed by atoms with Crippen molar-refractivity contribution >= 4 is 68.1 Å². The molecule has 1 aliphatic carbocycles. The minimum atomic E-state index is 0.0748. The van der Waals surface area contributed by atoms with E-state index in [1.165, 1.54) is 77.2 Å². The van der Waals surface area contributed by atoms with E-state index in [2.05, 4.69) is 228 Å². The highest BCUT2D eigenvalue weighted by molar-refractivity contribution is 6.08. The van der Waals surface area contributed by atoms with E-state index >= 15 is 0 Å². The highest BCUT2D eigenvalue weighted by Gasteiger charge is 2.25. The molecule has 5 aliphatic rings. The van der Waals surface area contributed by atoms with E-state index in [1.807, 2.05) is 0 Å². The van der Waals surface area contributed by atoms with Crippen LogP contribution in [0.3, 0.4) is 0 Å². The van der Waals surface area contributed by atoms with E-state index in [9.17, 15) is 0 Å². The van der Waals surface area contributed by atoms with Gasteiger partial charge in [0.15, 0.2) is 0 Å². The van der Waals surface area contributed by atoms with Gasteiger partial charge in [-0.3, -0.25) is 0 Å². The topological polar surface area (TPSA) is 48.1 Å². The zero-order chi connectivity index (χ0) is 39.6. The van der Waals surface area contributed by atoms with Gasteiger partial charge in [0.05, 0.1) is 35.5 Å². The van der Waals surface area contributed by atoms with Gasteiger partial charge in [0.1, 0.15) is 0 Å². The van der Waals surface area contributed by atoms with Crippen LogP contribution >= 0.6 is 0 Å². The first kappa shape index (κ1) is 34.5. The van der Waals surface area contributed by atoms with E-state index in [1.54, 1.807) is 0 Å². The second-order valence-corrected chi connectivity index (χ2v) is 16.4. The lowest BCUT2D eigenvalue weighted by atomic mass is 9.89. The summed E-state index contributed by atoms with van der Waals surface area (Å²) < 4.78 is 0. The van der Waals surface area contributed by atoms with E-state index in [0.717, 1.165) is 22.8 Å². The second-order valence-electron chi connectivity index (χ2n) is 16.4. The Kier molecular flexibility index (Phi) is 8.09. The van der Waals surface area contributed by atoms with E-state index in [-0.39, 0.29) is 24.2 Å². The van der Waals surface area contributed by atoms with Crippen molar-refractivity contribution in [3.8, 4) is 0 Å². The molecule has 0 amide bonds. The Bertz CT molecular complexity index is 3100. The molecule has 0 radical (unpaired) electrons. The van der Waals surface area contributed by atoms with Crippen LogP contribution in [0.25, 0.3) is 51.0 Å². The summed E-state index contributed by atoms with van der Waals surface area (Å²) in [5.41, 5.74) is 16.8. The quantitative estimate of drug-likeness (QED) is 0.132. The van der Waals surface area contributed by atoms with Gasteiger partial charge in [0, 0.05) is 11.4 Å².